The van der Waals surface area contributed by atoms with Gasteiger partial charge in [0.05, 0.1) is 20.7 Å². The zero-order chi connectivity index (χ0) is 14.4. The second-order valence-electron chi connectivity index (χ2n) is 4.07. The molecule has 0 bridgehead atoms. The van der Waals surface area contributed by atoms with Crippen molar-refractivity contribution in [3.63, 3.8) is 0 Å². The van der Waals surface area contributed by atoms with Crippen molar-refractivity contribution in [3.8, 4) is 0 Å². The summed E-state index contributed by atoms with van der Waals surface area (Å²) in [5, 5.41) is 14.4. The van der Waals surface area contributed by atoms with Gasteiger partial charge in [-0.15, -0.1) is 0 Å². The Labute approximate surface area is 127 Å². The lowest BCUT2D eigenvalue weighted by molar-refractivity contribution is -0.384. The third-order valence-corrected chi connectivity index (χ3v) is 4.06. The first-order chi connectivity index (χ1) is 8.95. The Hall–Kier alpha value is -0.650. The quantitative estimate of drug-likeness (QED) is 0.443. The second-order valence-corrected chi connectivity index (χ2v) is 6.28. The number of halogens is 2. The third-order valence-electron chi connectivity index (χ3n) is 2.53. The van der Waals surface area contributed by atoms with Crippen molar-refractivity contribution in [1.82, 2.24) is 0 Å². The number of nitro groups is 1. The fraction of sp³-hybridized carbons (Fsp3) is 0.500. The summed E-state index contributed by atoms with van der Waals surface area (Å²) in [6.45, 7) is 4.15. The molecule has 19 heavy (non-hydrogen) atoms. The topological polar surface area (TPSA) is 55.2 Å². The van der Waals surface area contributed by atoms with E-state index in [9.17, 15) is 10.1 Å². The maximum Gasteiger partial charge on any atom is 0.272 e. The average Bonchev–Trinajstić information content (AvgIpc) is 2.33. The molecule has 0 spiro atoms. The molecule has 1 atom stereocenters. The standard InChI is InChI=1S/C12H16Cl2N2O2S/c1-3-19-5-4-8(2)15-12-10(13)6-9(16(17)18)7-11(12)14/h6-8,15H,3-5H2,1-2H3. The van der Waals surface area contributed by atoms with E-state index in [1.807, 2.05) is 18.7 Å². The molecule has 0 aliphatic heterocycles. The van der Waals surface area contributed by atoms with Crippen LogP contribution in [0, 0.1) is 10.1 Å². The Morgan fingerprint density at radius 1 is 1.42 bits per heavy atom. The monoisotopic (exact) mass is 322 g/mol. The van der Waals surface area contributed by atoms with Crippen LogP contribution in [0.1, 0.15) is 20.3 Å². The van der Waals surface area contributed by atoms with E-state index >= 15 is 0 Å². The van der Waals surface area contributed by atoms with Crippen molar-refractivity contribution in [1.29, 1.82) is 0 Å². The lowest BCUT2D eigenvalue weighted by Crippen LogP contribution is -2.16. The van der Waals surface area contributed by atoms with Crippen LogP contribution < -0.4 is 5.32 Å². The fourth-order valence-corrected chi connectivity index (χ4v) is 2.92. The molecule has 0 aliphatic carbocycles. The third kappa shape index (κ3) is 5.09. The molecule has 1 aromatic carbocycles. The van der Waals surface area contributed by atoms with Crippen LogP contribution in [0.2, 0.25) is 10.0 Å². The Morgan fingerprint density at radius 2 is 2.00 bits per heavy atom. The van der Waals surface area contributed by atoms with Crippen molar-refractivity contribution in [2.45, 2.75) is 26.3 Å². The van der Waals surface area contributed by atoms with Gasteiger partial charge < -0.3 is 5.32 Å². The summed E-state index contributed by atoms with van der Waals surface area (Å²) in [6, 6.07) is 2.82. The maximum atomic E-state index is 10.7. The van der Waals surface area contributed by atoms with E-state index in [2.05, 4.69) is 12.2 Å². The first kappa shape index (κ1) is 16.4. The van der Waals surface area contributed by atoms with Gasteiger partial charge in [-0.1, -0.05) is 30.1 Å². The number of nitrogens with one attached hydrogen (secondary N) is 1. The van der Waals surface area contributed by atoms with Crippen molar-refractivity contribution in [2.75, 3.05) is 16.8 Å². The zero-order valence-electron chi connectivity index (χ0n) is 10.8. The van der Waals surface area contributed by atoms with Crippen molar-refractivity contribution < 1.29 is 4.92 Å². The van der Waals surface area contributed by atoms with Crippen LogP contribution in [0.3, 0.4) is 0 Å². The molecule has 0 fully saturated rings. The van der Waals surface area contributed by atoms with Gasteiger partial charge >= 0.3 is 0 Å². The summed E-state index contributed by atoms with van der Waals surface area (Å²) in [4.78, 5) is 10.2. The van der Waals surface area contributed by atoms with E-state index in [4.69, 9.17) is 23.2 Å². The Kier molecular flexibility index (Phi) is 6.75. The first-order valence-electron chi connectivity index (χ1n) is 5.93. The normalized spacial score (nSPS) is 12.2. The molecular weight excluding hydrogens is 307 g/mol. The van der Waals surface area contributed by atoms with Crippen LogP contribution >= 0.6 is 35.0 Å². The molecule has 1 unspecified atom stereocenters. The summed E-state index contributed by atoms with van der Waals surface area (Å²) in [7, 11) is 0. The van der Waals surface area contributed by atoms with E-state index in [0.717, 1.165) is 17.9 Å². The number of nitrogens with zero attached hydrogens (tertiary/aromatic N) is 1. The molecule has 0 saturated heterocycles. The Bertz CT molecular complexity index is 434. The Morgan fingerprint density at radius 3 is 2.47 bits per heavy atom. The SMILES string of the molecule is CCSCCC(C)Nc1c(Cl)cc([N+](=O)[O-])cc1Cl. The van der Waals surface area contributed by atoms with Gasteiger partial charge in [-0.2, -0.15) is 11.8 Å². The molecule has 106 valence electrons. The molecule has 0 amide bonds. The molecule has 1 N–H and O–H groups in total. The lowest BCUT2D eigenvalue weighted by Gasteiger charge is -2.17. The van der Waals surface area contributed by atoms with Crippen LogP contribution in [-0.4, -0.2) is 22.5 Å². The number of thioether (sulfide) groups is 1. The summed E-state index contributed by atoms with van der Waals surface area (Å²) in [6.07, 6.45) is 0.974. The lowest BCUT2D eigenvalue weighted by atomic mass is 10.2. The number of benzene rings is 1. The summed E-state index contributed by atoms with van der Waals surface area (Å²) >= 11 is 13.9. The highest BCUT2D eigenvalue weighted by Crippen LogP contribution is 2.35. The molecule has 1 rings (SSSR count). The predicted molar refractivity (Wildman–Crippen MR) is 83.8 cm³/mol. The van der Waals surface area contributed by atoms with E-state index in [1.54, 1.807) is 0 Å². The van der Waals surface area contributed by atoms with Crippen LogP contribution in [0.15, 0.2) is 12.1 Å². The molecule has 7 heteroatoms. The van der Waals surface area contributed by atoms with Crippen LogP contribution in [0.25, 0.3) is 0 Å². The minimum absolute atomic E-state index is 0.102. The van der Waals surface area contributed by atoms with Crippen molar-refractivity contribution in [2.24, 2.45) is 0 Å². The van der Waals surface area contributed by atoms with Gasteiger partial charge in [-0.3, -0.25) is 10.1 Å². The molecular formula is C12H16Cl2N2O2S. The molecule has 0 saturated carbocycles. The Balaban J connectivity index is 2.75. The van der Waals surface area contributed by atoms with Gasteiger partial charge in [-0.25, -0.2) is 0 Å². The number of hydrogen-bond acceptors (Lipinski definition) is 4. The number of hydrogen-bond donors (Lipinski definition) is 1. The smallest absolute Gasteiger partial charge is 0.272 e. The summed E-state index contributed by atoms with van der Waals surface area (Å²) < 4.78 is 0. The molecule has 0 radical (unpaired) electrons. The molecule has 0 aliphatic rings. The number of rotatable bonds is 7. The minimum atomic E-state index is -0.511. The van der Waals surface area contributed by atoms with Gasteiger partial charge in [0.2, 0.25) is 0 Å². The number of non-ortho nitro benzene ring substituents is 1. The minimum Gasteiger partial charge on any atom is -0.380 e. The average molecular weight is 323 g/mol. The van der Waals surface area contributed by atoms with Crippen LogP contribution in [-0.2, 0) is 0 Å². The molecule has 0 aromatic heterocycles. The number of nitro benzene ring substituents is 1. The van der Waals surface area contributed by atoms with Crippen molar-refractivity contribution in [3.05, 3.63) is 32.3 Å². The maximum absolute atomic E-state index is 10.7. The van der Waals surface area contributed by atoms with Gasteiger partial charge in [-0.05, 0) is 24.9 Å². The number of anilines is 1. The largest absolute Gasteiger partial charge is 0.380 e. The van der Waals surface area contributed by atoms with Gasteiger partial charge in [0.25, 0.3) is 5.69 Å². The first-order valence-corrected chi connectivity index (χ1v) is 7.84. The van der Waals surface area contributed by atoms with E-state index in [0.29, 0.717) is 5.69 Å². The van der Waals surface area contributed by atoms with E-state index < -0.39 is 4.92 Å². The van der Waals surface area contributed by atoms with Gasteiger partial charge in [0, 0.05) is 18.2 Å². The van der Waals surface area contributed by atoms with Gasteiger partial charge in [0.15, 0.2) is 0 Å². The highest BCUT2D eigenvalue weighted by Gasteiger charge is 2.15. The van der Waals surface area contributed by atoms with Crippen molar-refractivity contribution >= 4 is 46.3 Å². The predicted octanol–water partition coefficient (Wildman–Crippen LogP) is 4.85. The van der Waals surface area contributed by atoms with Crippen LogP contribution in [0.4, 0.5) is 11.4 Å². The highest BCUT2D eigenvalue weighted by atomic mass is 35.5. The highest BCUT2D eigenvalue weighted by molar-refractivity contribution is 7.99. The summed E-state index contributed by atoms with van der Waals surface area (Å²) in [5.74, 6) is 2.14. The molecule has 4 nitrogen and oxygen atoms in total. The molecule has 1 aromatic rings. The van der Waals surface area contributed by atoms with E-state index in [1.165, 1.54) is 12.1 Å². The van der Waals surface area contributed by atoms with Crippen LogP contribution in [0.5, 0.6) is 0 Å². The van der Waals surface area contributed by atoms with Gasteiger partial charge in [0.1, 0.15) is 0 Å². The zero-order valence-corrected chi connectivity index (χ0v) is 13.1. The second kappa shape index (κ2) is 7.82. The molecule has 0 heterocycles. The fourth-order valence-electron chi connectivity index (χ4n) is 1.53. The summed E-state index contributed by atoms with van der Waals surface area (Å²) in [5.41, 5.74) is 0.456. The van der Waals surface area contributed by atoms with E-state index in [-0.39, 0.29) is 21.8 Å².